The first kappa shape index (κ1) is 16.6. The first-order chi connectivity index (χ1) is 11.5. The van der Waals surface area contributed by atoms with Crippen molar-refractivity contribution in [1.82, 2.24) is 9.88 Å². The van der Waals surface area contributed by atoms with Crippen molar-refractivity contribution in [2.45, 2.75) is 18.9 Å². The van der Waals surface area contributed by atoms with E-state index in [1.54, 1.807) is 12.3 Å². The average molecular weight is 353 g/mol. The lowest BCUT2D eigenvalue weighted by atomic mass is 10.1. The number of hydrogen-bond acceptors (Lipinski definition) is 3. The van der Waals surface area contributed by atoms with Gasteiger partial charge in [0.2, 0.25) is 0 Å². The van der Waals surface area contributed by atoms with Crippen LogP contribution >= 0.6 is 11.6 Å². The number of rotatable bonds is 3. The van der Waals surface area contributed by atoms with Crippen LogP contribution in [0.2, 0.25) is 5.02 Å². The number of halogens is 3. The molecule has 0 saturated carbocycles. The molecule has 1 aromatic heterocycles. The van der Waals surface area contributed by atoms with Crippen LogP contribution in [-0.4, -0.2) is 35.0 Å². The van der Waals surface area contributed by atoms with Crippen molar-refractivity contribution in [1.29, 1.82) is 0 Å². The van der Waals surface area contributed by atoms with Crippen LogP contribution in [0.5, 0.6) is 5.75 Å². The van der Waals surface area contributed by atoms with Crippen LogP contribution in [0.25, 0.3) is 0 Å². The molecule has 1 aliphatic heterocycles. The van der Waals surface area contributed by atoms with Gasteiger partial charge >= 0.3 is 0 Å². The Morgan fingerprint density at radius 3 is 2.92 bits per heavy atom. The number of aromatic nitrogens is 1. The third kappa shape index (κ3) is 3.64. The molecule has 2 aromatic rings. The molecule has 1 atom stereocenters. The van der Waals surface area contributed by atoms with Gasteiger partial charge < -0.3 is 9.64 Å². The van der Waals surface area contributed by atoms with Crippen LogP contribution < -0.4 is 4.74 Å². The average Bonchev–Trinajstić information content (AvgIpc) is 2.57. The van der Waals surface area contributed by atoms with Crippen molar-refractivity contribution in [3.05, 3.63) is 58.9 Å². The monoisotopic (exact) mass is 352 g/mol. The molecule has 1 aliphatic rings. The minimum atomic E-state index is -0.861. The minimum Gasteiger partial charge on any atom is -0.487 e. The summed E-state index contributed by atoms with van der Waals surface area (Å²) in [5.74, 6) is -1.54. The number of piperidine rings is 1. The molecule has 2 heterocycles. The first-order valence-electron chi connectivity index (χ1n) is 7.55. The fourth-order valence-corrected chi connectivity index (χ4v) is 2.85. The summed E-state index contributed by atoms with van der Waals surface area (Å²) in [6.07, 6.45) is 4.29. The Kier molecular flexibility index (Phi) is 4.94. The Labute approximate surface area is 143 Å². The zero-order valence-corrected chi connectivity index (χ0v) is 13.5. The van der Waals surface area contributed by atoms with Gasteiger partial charge in [-0.2, -0.15) is 0 Å². The molecule has 1 amide bonds. The molecule has 1 fully saturated rings. The molecule has 0 N–H and O–H groups in total. The molecular formula is C17H15ClF2N2O2. The summed E-state index contributed by atoms with van der Waals surface area (Å²) in [4.78, 5) is 17.9. The highest BCUT2D eigenvalue weighted by Crippen LogP contribution is 2.26. The Morgan fingerprint density at radius 2 is 2.17 bits per heavy atom. The summed E-state index contributed by atoms with van der Waals surface area (Å²) in [6, 6.07) is 4.60. The second kappa shape index (κ2) is 7.13. The zero-order valence-electron chi connectivity index (χ0n) is 12.7. The highest BCUT2D eigenvalue weighted by Gasteiger charge is 2.27. The van der Waals surface area contributed by atoms with Gasteiger partial charge in [0.15, 0.2) is 0 Å². The SMILES string of the molecule is O=C(c1ccc(F)cc1F)N1CCCC(Oc2ccncc2Cl)C1. The number of carbonyl (C=O) groups is 1. The number of ether oxygens (including phenoxy) is 1. The van der Waals surface area contributed by atoms with Crippen LogP contribution in [0.3, 0.4) is 0 Å². The number of carbonyl (C=O) groups excluding carboxylic acids is 1. The normalized spacial score (nSPS) is 17.6. The number of benzene rings is 1. The maximum absolute atomic E-state index is 13.8. The van der Waals surface area contributed by atoms with Gasteiger partial charge in [-0.1, -0.05) is 11.6 Å². The summed E-state index contributed by atoms with van der Waals surface area (Å²) in [7, 11) is 0. The molecule has 0 aliphatic carbocycles. The predicted molar refractivity (Wildman–Crippen MR) is 85.2 cm³/mol. The lowest BCUT2D eigenvalue weighted by Crippen LogP contribution is -2.44. The van der Waals surface area contributed by atoms with E-state index in [1.165, 1.54) is 11.1 Å². The molecule has 24 heavy (non-hydrogen) atoms. The van der Waals surface area contributed by atoms with Crippen LogP contribution in [0, 0.1) is 11.6 Å². The van der Waals surface area contributed by atoms with E-state index in [4.69, 9.17) is 16.3 Å². The Balaban J connectivity index is 1.71. The van der Waals surface area contributed by atoms with Gasteiger partial charge in [-0.05, 0) is 25.0 Å². The quantitative estimate of drug-likeness (QED) is 0.846. The number of pyridine rings is 1. The first-order valence-corrected chi connectivity index (χ1v) is 7.93. The van der Waals surface area contributed by atoms with E-state index in [9.17, 15) is 13.6 Å². The topological polar surface area (TPSA) is 42.4 Å². The predicted octanol–water partition coefficient (Wildman–Crippen LogP) is 3.70. The van der Waals surface area contributed by atoms with Crippen LogP contribution in [0.15, 0.2) is 36.7 Å². The standard InChI is InChI=1S/C17H15ClF2N2O2/c18-14-9-21-6-5-16(14)24-12-2-1-7-22(10-12)17(23)13-4-3-11(19)8-15(13)20/h3-6,8-9,12H,1-2,7,10H2. The lowest BCUT2D eigenvalue weighted by Gasteiger charge is -2.33. The highest BCUT2D eigenvalue weighted by atomic mass is 35.5. The number of amides is 1. The summed E-state index contributed by atoms with van der Waals surface area (Å²) >= 11 is 6.02. The second-order valence-electron chi connectivity index (χ2n) is 5.56. The highest BCUT2D eigenvalue weighted by molar-refractivity contribution is 6.31. The number of hydrogen-bond donors (Lipinski definition) is 0. The maximum Gasteiger partial charge on any atom is 0.256 e. The van der Waals surface area contributed by atoms with Crippen molar-refractivity contribution >= 4 is 17.5 Å². The van der Waals surface area contributed by atoms with E-state index in [2.05, 4.69) is 4.98 Å². The summed E-state index contributed by atoms with van der Waals surface area (Å²) in [5, 5.41) is 0.394. The maximum atomic E-state index is 13.8. The fraction of sp³-hybridized carbons (Fsp3) is 0.294. The van der Waals surface area contributed by atoms with Gasteiger partial charge in [-0.15, -0.1) is 0 Å². The van der Waals surface area contributed by atoms with Crippen molar-refractivity contribution < 1.29 is 18.3 Å². The molecule has 3 rings (SSSR count). The van der Waals surface area contributed by atoms with Crippen LogP contribution in [-0.2, 0) is 0 Å². The van der Waals surface area contributed by atoms with E-state index in [0.29, 0.717) is 29.9 Å². The molecule has 4 nitrogen and oxygen atoms in total. The Morgan fingerprint density at radius 1 is 1.33 bits per heavy atom. The Hall–Kier alpha value is -2.21. The fourth-order valence-electron chi connectivity index (χ4n) is 2.69. The van der Waals surface area contributed by atoms with E-state index >= 15 is 0 Å². The molecule has 1 unspecified atom stereocenters. The molecule has 1 saturated heterocycles. The largest absolute Gasteiger partial charge is 0.487 e. The molecule has 0 radical (unpaired) electrons. The molecular weight excluding hydrogens is 338 g/mol. The van der Waals surface area contributed by atoms with Gasteiger partial charge in [0.05, 0.1) is 12.1 Å². The molecule has 0 bridgehead atoms. The van der Waals surface area contributed by atoms with Gasteiger partial charge in [0.1, 0.15) is 28.5 Å². The second-order valence-corrected chi connectivity index (χ2v) is 5.97. The van der Waals surface area contributed by atoms with Crippen LogP contribution in [0.1, 0.15) is 23.2 Å². The smallest absolute Gasteiger partial charge is 0.256 e. The van der Waals surface area contributed by atoms with Crippen molar-refractivity contribution in [2.24, 2.45) is 0 Å². The molecule has 126 valence electrons. The molecule has 7 heteroatoms. The number of nitrogens with zero attached hydrogens (tertiary/aromatic N) is 2. The van der Waals surface area contributed by atoms with Crippen molar-refractivity contribution in [3.8, 4) is 5.75 Å². The number of likely N-dealkylation sites (tertiary alicyclic amines) is 1. The van der Waals surface area contributed by atoms with E-state index in [0.717, 1.165) is 25.0 Å². The Bertz CT molecular complexity index is 757. The zero-order chi connectivity index (χ0) is 17.1. The van der Waals surface area contributed by atoms with Gasteiger partial charge in [-0.25, -0.2) is 8.78 Å². The minimum absolute atomic E-state index is 0.140. The van der Waals surface area contributed by atoms with Crippen molar-refractivity contribution in [2.75, 3.05) is 13.1 Å². The van der Waals surface area contributed by atoms with Gasteiger partial charge in [-0.3, -0.25) is 9.78 Å². The van der Waals surface area contributed by atoms with Gasteiger partial charge in [0, 0.05) is 31.1 Å². The molecule has 0 spiro atoms. The summed E-state index contributed by atoms with van der Waals surface area (Å²) < 4.78 is 32.6. The third-order valence-electron chi connectivity index (χ3n) is 3.86. The van der Waals surface area contributed by atoms with Crippen molar-refractivity contribution in [3.63, 3.8) is 0 Å². The van der Waals surface area contributed by atoms with E-state index in [-0.39, 0.29) is 11.7 Å². The van der Waals surface area contributed by atoms with Gasteiger partial charge in [0.25, 0.3) is 5.91 Å². The lowest BCUT2D eigenvalue weighted by molar-refractivity contribution is 0.0533. The molecule has 1 aromatic carbocycles. The third-order valence-corrected chi connectivity index (χ3v) is 4.14. The van der Waals surface area contributed by atoms with E-state index in [1.807, 2.05) is 0 Å². The summed E-state index contributed by atoms with van der Waals surface area (Å²) in [6.45, 7) is 0.813. The summed E-state index contributed by atoms with van der Waals surface area (Å²) in [5.41, 5.74) is -0.140. The van der Waals surface area contributed by atoms with E-state index < -0.39 is 17.5 Å². The van der Waals surface area contributed by atoms with Crippen LogP contribution in [0.4, 0.5) is 8.78 Å².